The van der Waals surface area contributed by atoms with E-state index in [0.29, 0.717) is 12.3 Å². The van der Waals surface area contributed by atoms with Crippen LogP contribution in [0.3, 0.4) is 0 Å². The molecule has 0 fully saturated rings. The van der Waals surface area contributed by atoms with Crippen molar-refractivity contribution in [1.82, 2.24) is 9.78 Å². The van der Waals surface area contributed by atoms with Gasteiger partial charge >= 0.3 is 0 Å². The third kappa shape index (κ3) is 2.86. The molecule has 0 aliphatic heterocycles. The molecule has 1 heterocycles. The van der Waals surface area contributed by atoms with Crippen LogP contribution in [0, 0.1) is 23.0 Å². The molecule has 0 bridgehead atoms. The van der Waals surface area contributed by atoms with Crippen LogP contribution < -0.4 is 10.1 Å². The number of nitriles is 1. The van der Waals surface area contributed by atoms with Gasteiger partial charge in [0.05, 0.1) is 30.0 Å². The van der Waals surface area contributed by atoms with E-state index in [9.17, 15) is 8.78 Å². The maximum atomic E-state index is 13.9. The fourth-order valence-corrected chi connectivity index (χ4v) is 2.31. The van der Waals surface area contributed by atoms with Crippen molar-refractivity contribution in [1.29, 1.82) is 5.26 Å². The minimum atomic E-state index is -0.808. The normalized spacial score (nSPS) is 10.4. The summed E-state index contributed by atoms with van der Waals surface area (Å²) in [4.78, 5) is 0. The summed E-state index contributed by atoms with van der Waals surface area (Å²) >= 11 is 0. The summed E-state index contributed by atoms with van der Waals surface area (Å²) < 4.78 is 34.6. The summed E-state index contributed by atoms with van der Waals surface area (Å²) in [6.07, 6.45) is 0.673. The maximum absolute atomic E-state index is 13.9. The largest absolute Gasteiger partial charge is 0.481 e. The van der Waals surface area contributed by atoms with Crippen LogP contribution in [-0.4, -0.2) is 16.9 Å². The van der Waals surface area contributed by atoms with E-state index in [4.69, 9.17) is 10.00 Å². The van der Waals surface area contributed by atoms with Crippen molar-refractivity contribution in [3.8, 4) is 11.9 Å². The Kier molecular flexibility index (Phi) is 4.61. The van der Waals surface area contributed by atoms with Crippen LogP contribution >= 0.6 is 0 Å². The molecule has 0 aliphatic rings. The summed E-state index contributed by atoms with van der Waals surface area (Å²) in [6, 6.07) is 3.69. The Morgan fingerprint density at radius 2 is 2.00 bits per heavy atom. The Bertz CT molecular complexity index is 711. The van der Waals surface area contributed by atoms with Gasteiger partial charge in [-0.25, -0.2) is 13.5 Å². The Balaban J connectivity index is 2.30. The molecule has 0 radical (unpaired) electrons. The van der Waals surface area contributed by atoms with Crippen LogP contribution in [0.25, 0.3) is 0 Å². The lowest BCUT2D eigenvalue weighted by atomic mass is 10.1. The minimum Gasteiger partial charge on any atom is -0.481 e. The molecule has 1 aromatic heterocycles. The zero-order valence-corrected chi connectivity index (χ0v) is 12.6. The van der Waals surface area contributed by atoms with Crippen LogP contribution in [0.1, 0.15) is 23.7 Å². The summed E-state index contributed by atoms with van der Waals surface area (Å²) in [5, 5.41) is 15.7. The van der Waals surface area contributed by atoms with Crippen LogP contribution in [0.4, 0.5) is 14.5 Å². The quantitative estimate of drug-likeness (QED) is 0.922. The number of benzene rings is 1. The fourth-order valence-electron chi connectivity index (χ4n) is 2.31. The number of nitrogens with one attached hydrogen (secondary N) is 1. The zero-order chi connectivity index (χ0) is 16.3. The van der Waals surface area contributed by atoms with Crippen molar-refractivity contribution in [2.24, 2.45) is 7.05 Å². The van der Waals surface area contributed by atoms with Crippen molar-refractivity contribution in [2.45, 2.75) is 19.9 Å². The highest BCUT2D eigenvalue weighted by Gasteiger charge is 2.17. The molecule has 5 nitrogen and oxygen atoms in total. The first-order valence-corrected chi connectivity index (χ1v) is 6.73. The molecule has 0 unspecified atom stereocenters. The summed E-state index contributed by atoms with van der Waals surface area (Å²) in [5.41, 5.74) is 1.21. The Morgan fingerprint density at radius 3 is 2.50 bits per heavy atom. The van der Waals surface area contributed by atoms with Crippen molar-refractivity contribution in [3.63, 3.8) is 0 Å². The molecule has 7 heteroatoms. The second-order valence-corrected chi connectivity index (χ2v) is 4.69. The first kappa shape index (κ1) is 15.8. The predicted octanol–water partition coefficient (Wildman–Crippen LogP) is 2.75. The molecular formula is C15H16F2N4O. The molecular weight excluding hydrogens is 290 g/mol. The zero-order valence-electron chi connectivity index (χ0n) is 12.6. The predicted molar refractivity (Wildman–Crippen MR) is 77.5 cm³/mol. The number of aryl methyl sites for hydroxylation is 2. The third-order valence-corrected chi connectivity index (χ3v) is 3.31. The molecule has 116 valence electrons. The van der Waals surface area contributed by atoms with E-state index in [-0.39, 0.29) is 17.8 Å². The first-order chi connectivity index (χ1) is 10.5. The minimum absolute atomic E-state index is 0.0613. The lowest BCUT2D eigenvalue weighted by Crippen LogP contribution is -2.07. The van der Waals surface area contributed by atoms with E-state index < -0.39 is 11.6 Å². The van der Waals surface area contributed by atoms with Crippen LogP contribution in [0.15, 0.2) is 12.1 Å². The number of hydrogen-bond acceptors (Lipinski definition) is 4. The SMILES string of the molecule is CCc1nn(C)c(OC)c1CNc1c(F)cc(C#N)cc1F. The highest BCUT2D eigenvalue weighted by Crippen LogP contribution is 2.26. The van der Waals surface area contributed by atoms with Crippen LogP contribution in [0.2, 0.25) is 0 Å². The second kappa shape index (κ2) is 6.43. The average Bonchev–Trinajstić information content (AvgIpc) is 2.81. The lowest BCUT2D eigenvalue weighted by Gasteiger charge is -2.10. The molecule has 1 aromatic carbocycles. The van der Waals surface area contributed by atoms with Crippen molar-refractivity contribution in [2.75, 3.05) is 12.4 Å². The number of hydrogen-bond donors (Lipinski definition) is 1. The van der Waals surface area contributed by atoms with Gasteiger partial charge in [0, 0.05) is 13.6 Å². The number of methoxy groups -OCH3 is 1. The summed E-state index contributed by atoms with van der Waals surface area (Å²) in [6.45, 7) is 2.11. The number of halogens is 2. The van der Waals surface area contributed by atoms with Crippen LogP contribution in [0.5, 0.6) is 5.88 Å². The number of anilines is 1. The topological polar surface area (TPSA) is 62.9 Å². The monoisotopic (exact) mass is 306 g/mol. The van der Waals surface area contributed by atoms with E-state index >= 15 is 0 Å². The molecule has 0 amide bonds. The van der Waals surface area contributed by atoms with Gasteiger partial charge in [0.1, 0.15) is 5.69 Å². The van der Waals surface area contributed by atoms with Gasteiger partial charge in [-0.2, -0.15) is 10.4 Å². The van der Waals surface area contributed by atoms with E-state index in [1.807, 2.05) is 6.92 Å². The van der Waals surface area contributed by atoms with Gasteiger partial charge in [-0.3, -0.25) is 0 Å². The van der Waals surface area contributed by atoms with E-state index in [2.05, 4.69) is 10.4 Å². The van der Waals surface area contributed by atoms with Crippen molar-refractivity contribution in [3.05, 3.63) is 40.6 Å². The van der Waals surface area contributed by atoms with E-state index in [1.165, 1.54) is 7.11 Å². The molecule has 2 aromatic rings. The summed E-state index contributed by atoms with van der Waals surface area (Å²) in [5.74, 6) is -1.08. The van der Waals surface area contributed by atoms with Gasteiger partial charge in [-0.15, -0.1) is 0 Å². The smallest absolute Gasteiger partial charge is 0.216 e. The maximum Gasteiger partial charge on any atom is 0.216 e. The van der Waals surface area contributed by atoms with E-state index in [0.717, 1.165) is 23.4 Å². The number of nitrogens with zero attached hydrogens (tertiary/aromatic N) is 3. The van der Waals surface area contributed by atoms with Crippen LogP contribution in [-0.2, 0) is 20.0 Å². The van der Waals surface area contributed by atoms with Gasteiger partial charge in [0.2, 0.25) is 5.88 Å². The van der Waals surface area contributed by atoms with Crippen molar-refractivity contribution < 1.29 is 13.5 Å². The molecule has 0 saturated carbocycles. The molecule has 0 spiro atoms. The molecule has 0 saturated heterocycles. The Morgan fingerprint density at radius 1 is 1.36 bits per heavy atom. The highest BCUT2D eigenvalue weighted by molar-refractivity contribution is 5.51. The van der Waals surface area contributed by atoms with Gasteiger partial charge in [-0.1, -0.05) is 6.92 Å². The third-order valence-electron chi connectivity index (χ3n) is 3.31. The Hall–Kier alpha value is -2.62. The standard InChI is InChI=1S/C15H16F2N4O/c1-4-13-10(15(22-3)21(2)20-13)8-19-14-11(16)5-9(7-18)6-12(14)17/h5-6,19H,4,8H2,1-3H3. The first-order valence-electron chi connectivity index (χ1n) is 6.73. The Labute approximate surface area is 127 Å². The molecule has 22 heavy (non-hydrogen) atoms. The molecule has 1 N–H and O–H groups in total. The average molecular weight is 306 g/mol. The second-order valence-electron chi connectivity index (χ2n) is 4.69. The lowest BCUT2D eigenvalue weighted by molar-refractivity contribution is 0.369. The number of rotatable bonds is 5. The highest BCUT2D eigenvalue weighted by atomic mass is 19.1. The van der Waals surface area contributed by atoms with Crippen molar-refractivity contribution >= 4 is 5.69 Å². The fraction of sp³-hybridized carbons (Fsp3) is 0.333. The summed E-state index contributed by atoms with van der Waals surface area (Å²) in [7, 11) is 3.26. The van der Waals surface area contributed by atoms with Gasteiger partial charge in [0.25, 0.3) is 0 Å². The van der Waals surface area contributed by atoms with E-state index in [1.54, 1.807) is 17.8 Å². The molecule has 2 rings (SSSR count). The number of ether oxygens (including phenoxy) is 1. The van der Waals surface area contributed by atoms with Gasteiger partial charge in [0.15, 0.2) is 11.6 Å². The van der Waals surface area contributed by atoms with Gasteiger partial charge in [-0.05, 0) is 18.6 Å². The molecule has 0 aliphatic carbocycles. The van der Waals surface area contributed by atoms with Gasteiger partial charge < -0.3 is 10.1 Å². The molecule has 0 atom stereocenters. The number of aromatic nitrogens is 2.